The summed E-state index contributed by atoms with van der Waals surface area (Å²) in [5.74, 6) is 0. The summed E-state index contributed by atoms with van der Waals surface area (Å²) in [4.78, 5) is 15.4. The number of anilines is 3. The molecule has 4 heteroatoms. The molecule has 7 aromatic carbocycles. The molecule has 9 rings (SSSR count). The lowest BCUT2D eigenvalue weighted by Crippen LogP contribution is -2.10. The van der Waals surface area contributed by atoms with Crippen molar-refractivity contribution in [3.8, 4) is 16.8 Å². The third-order valence-corrected chi connectivity index (χ3v) is 9.04. The number of para-hydroxylation sites is 3. The Kier molecular flexibility index (Phi) is 6.25. The Hall–Kier alpha value is -6.39. The maximum Gasteiger partial charge on any atom is 0.344 e. The van der Waals surface area contributed by atoms with Crippen molar-refractivity contribution in [1.82, 2.24) is 4.57 Å². The van der Waals surface area contributed by atoms with Crippen LogP contribution in [-0.4, -0.2) is 4.57 Å². The number of nitrogens with zero attached hydrogens (tertiary/aromatic N) is 2. The molecule has 0 fully saturated rings. The van der Waals surface area contributed by atoms with E-state index < -0.39 is 0 Å². The van der Waals surface area contributed by atoms with Crippen molar-refractivity contribution in [3.63, 3.8) is 0 Å². The topological polar surface area (TPSA) is 38.4 Å². The minimum absolute atomic E-state index is 0.346. The number of hydrogen-bond donors (Lipinski definition) is 0. The van der Waals surface area contributed by atoms with Gasteiger partial charge in [0.15, 0.2) is 0 Å². The zero-order valence-corrected chi connectivity index (χ0v) is 25.4. The monoisotopic (exact) mass is 604 g/mol. The molecule has 9 aromatic rings. The fourth-order valence-corrected chi connectivity index (χ4v) is 6.84. The predicted octanol–water partition coefficient (Wildman–Crippen LogP) is 11.2. The van der Waals surface area contributed by atoms with Gasteiger partial charge in [-0.05, 0) is 89.1 Å². The van der Waals surface area contributed by atoms with Gasteiger partial charge in [-0.1, -0.05) is 97.1 Å². The van der Waals surface area contributed by atoms with E-state index >= 15 is 0 Å². The first kappa shape index (κ1) is 27.0. The zero-order chi connectivity index (χ0) is 31.3. The highest BCUT2D eigenvalue weighted by atomic mass is 16.4. The number of hydrogen-bond acceptors (Lipinski definition) is 3. The van der Waals surface area contributed by atoms with Gasteiger partial charge in [0.2, 0.25) is 0 Å². The molecular formula is C43H28N2O2. The molecule has 4 nitrogen and oxygen atoms in total. The molecule has 222 valence electrons. The van der Waals surface area contributed by atoms with Crippen molar-refractivity contribution >= 4 is 60.6 Å². The van der Waals surface area contributed by atoms with Crippen LogP contribution in [0.5, 0.6) is 0 Å². The maximum atomic E-state index is 13.1. The highest BCUT2D eigenvalue weighted by Crippen LogP contribution is 2.38. The van der Waals surface area contributed by atoms with Crippen molar-refractivity contribution in [2.24, 2.45) is 0 Å². The Morgan fingerprint density at radius 2 is 1.02 bits per heavy atom. The molecule has 47 heavy (non-hydrogen) atoms. The van der Waals surface area contributed by atoms with E-state index in [1.54, 1.807) is 0 Å². The lowest BCUT2D eigenvalue weighted by Gasteiger charge is -2.26. The Morgan fingerprint density at radius 1 is 0.468 bits per heavy atom. The van der Waals surface area contributed by atoms with Crippen LogP contribution < -0.4 is 10.5 Å². The first-order valence-corrected chi connectivity index (χ1v) is 15.7. The molecule has 0 radical (unpaired) electrons. The fraction of sp³-hybridized carbons (Fsp3) is 0. The summed E-state index contributed by atoms with van der Waals surface area (Å²) in [7, 11) is 0. The van der Waals surface area contributed by atoms with Gasteiger partial charge in [-0.25, -0.2) is 4.79 Å². The van der Waals surface area contributed by atoms with Gasteiger partial charge < -0.3 is 13.9 Å². The van der Waals surface area contributed by atoms with E-state index in [-0.39, 0.29) is 5.63 Å². The van der Waals surface area contributed by atoms with Crippen molar-refractivity contribution in [3.05, 3.63) is 180 Å². The van der Waals surface area contributed by atoms with Gasteiger partial charge >= 0.3 is 5.63 Å². The third kappa shape index (κ3) is 4.50. The van der Waals surface area contributed by atoms with E-state index in [4.69, 9.17) is 4.42 Å². The highest BCUT2D eigenvalue weighted by Gasteiger charge is 2.16. The van der Waals surface area contributed by atoms with Crippen LogP contribution in [0.3, 0.4) is 0 Å². The summed E-state index contributed by atoms with van der Waals surface area (Å²) in [6.45, 7) is 0. The largest absolute Gasteiger partial charge is 0.422 e. The smallest absolute Gasteiger partial charge is 0.344 e. The normalized spacial score (nSPS) is 11.5. The van der Waals surface area contributed by atoms with Crippen molar-refractivity contribution in [2.45, 2.75) is 0 Å². The standard InChI is InChI=1S/C43H28N2O2/c46-43-38(28-39-35-13-5-4-10-29(35)20-27-42(39)47-43)30-18-21-32(22-19-30)44(31-11-2-1-3-12-31)33-23-25-34(26-24-33)45-40-16-8-6-14-36(40)37-15-7-9-17-41(37)45/h1-28H. The average Bonchev–Trinajstić information content (AvgIpc) is 3.47. The van der Waals surface area contributed by atoms with Crippen molar-refractivity contribution < 1.29 is 4.42 Å². The summed E-state index contributed by atoms with van der Waals surface area (Å²) in [6, 6.07) is 58.3. The molecule has 0 aliphatic rings. The first-order valence-electron chi connectivity index (χ1n) is 15.7. The average molecular weight is 605 g/mol. The number of benzene rings is 7. The van der Waals surface area contributed by atoms with Crippen molar-refractivity contribution in [1.29, 1.82) is 0 Å². The number of aromatic nitrogens is 1. The summed E-state index contributed by atoms with van der Waals surface area (Å²) < 4.78 is 8.13. The van der Waals surface area contributed by atoms with Gasteiger partial charge in [0.05, 0.1) is 16.6 Å². The summed E-state index contributed by atoms with van der Waals surface area (Å²) >= 11 is 0. The molecule has 0 atom stereocenters. The molecular weight excluding hydrogens is 576 g/mol. The van der Waals surface area contributed by atoms with Crippen LogP contribution in [0.4, 0.5) is 17.1 Å². The summed E-state index contributed by atoms with van der Waals surface area (Å²) in [5.41, 5.74) is 8.13. The lowest BCUT2D eigenvalue weighted by molar-refractivity contribution is 0.564. The summed E-state index contributed by atoms with van der Waals surface area (Å²) in [5, 5.41) is 5.58. The SMILES string of the molecule is O=c1oc2ccc3ccccc3c2cc1-c1ccc(N(c2ccccc2)c2ccc(-n3c4ccccc4c4ccccc43)cc2)cc1. The van der Waals surface area contributed by atoms with Crippen LogP contribution >= 0.6 is 0 Å². The Labute approximate surface area is 271 Å². The van der Waals surface area contributed by atoms with E-state index in [0.29, 0.717) is 11.1 Å². The predicted molar refractivity (Wildman–Crippen MR) is 194 cm³/mol. The number of fused-ring (bicyclic) bond motifs is 6. The van der Waals surface area contributed by atoms with Gasteiger partial charge in [0.1, 0.15) is 5.58 Å². The van der Waals surface area contributed by atoms with Crippen LogP contribution in [0.1, 0.15) is 0 Å². The van der Waals surface area contributed by atoms with Crippen LogP contribution in [0.25, 0.3) is 60.4 Å². The molecule has 0 aliphatic carbocycles. The Bertz CT molecular complexity index is 2580. The zero-order valence-electron chi connectivity index (χ0n) is 25.4. The second kappa shape index (κ2) is 10.9. The number of rotatable bonds is 5. The van der Waals surface area contributed by atoms with Crippen LogP contribution in [0.2, 0.25) is 0 Å². The molecule has 2 heterocycles. The molecule has 0 bridgehead atoms. The van der Waals surface area contributed by atoms with Crippen LogP contribution in [0, 0.1) is 0 Å². The Morgan fingerprint density at radius 3 is 1.70 bits per heavy atom. The van der Waals surface area contributed by atoms with Gasteiger partial charge in [0.25, 0.3) is 0 Å². The van der Waals surface area contributed by atoms with E-state index in [1.807, 2.05) is 60.7 Å². The van der Waals surface area contributed by atoms with E-state index in [1.165, 1.54) is 21.8 Å². The molecule has 2 aromatic heterocycles. The second-order valence-corrected chi connectivity index (χ2v) is 11.7. The fourth-order valence-electron chi connectivity index (χ4n) is 6.84. The maximum absolute atomic E-state index is 13.1. The van der Waals surface area contributed by atoms with Gasteiger partial charge in [-0.15, -0.1) is 0 Å². The van der Waals surface area contributed by atoms with Gasteiger partial charge in [0, 0.05) is 38.9 Å². The van der Waals surface area contributed by atoms with Gasteiger partial charge in [-0.2, -0.15) is 0 Å². The first-order chi connectivity index (χ1) is 23.2. The van der Waals surface area contributed by atoms with Crippen LogP contribution in [0.15, 0.2) is 179 Å². The van der Waals surface area contributed by atoms with E-state index in [9.17, 15) is 4.79 Å². The molecule has 0 unspecified atom stereocenters. The molecule has 0 N–H and O–H groups in total. The molecule has 0 aliphatic heterocycles. The molecule has 0 saturated heterocycles. The van der Waals surface area contributed by atoms with Crippen molar-refractivity contribution in [2.75, 3.05) is 4.90 Å². The Balaban J connectivity index is 1.12. The lowest BCUT2D eigenvalue weighted by atomic mass is 10.0. The second-order valence-electron chi connectivity index (χ2n) is 11.7. The summed E-state index contributed by atoms with van der Waals surface area (Å²) in [6.07, 6.45) is 0. The van der Waals surface area contributed by atoms with E-state index in [0.717, 1.165) is 44.5 Å². The third-order valence-electron chi connectivity index (χ3n) is 9.04. The molecule has 0 amide bonds. The van der Waals surface area contributed by atoms with Crippen LogP contribution in [-0.2, 0) is 0 Å². The molecule has 0 saturated carbocycles. The quantitative estimate of drug-likeness (QED) is 0.145. The minimum atomic E-state index is -0.346. The molecule has 0 spiro atoms. The van der Waals surface area contributed by atoms with Gasteiger partial charge in [-0.3, -0.25) is 0 Å². The van der Waals surface area contributed by atoms with E-state index in [2.05, 4.69) is 119 Å². The minimum Gasteiger partial charge on any atom is -0.422 e. The highest BCUT2D eigenvalue weighted by molar-refractivity contribution is 6.09.